The molecule has 0 unspecified atom stereocenters. The van der Waals surface area contributed by atoms with Gasteiger partial charge in [0.05, 0.1) is 45.8 Å². The quantitative estimate of drug-likeness (QED) is 0.0175. The van der Waals surface area contributed by atoms with E-state index in [1.165, 1.54) is 11.1 Å². The van der Waals surface area contributed by atoms with E-state index in [1.54, 1.807) is 67.7 Å². The number of carbonyl (C=O) groups excluding carboxylic acids is 5. The Bertz CT molecular complexity index is 2640. The molecule has 0 bridgehead atoms. The minimum Gasteiger partial charge on any atom is -0.457 e. The molecule has 4 heterocycles. The second-order valence-corrected chi connectivity index (χ2v) is 20.3. The van der Waals surface area contributed by atoms with Crippen LogP contribution >= 0.6 is 11.8 Å². The Morgan fingerprint density at radius 1 is 0.762 bits per heavy atom. The van der Waals surface area contributed by atoms with Crippen molar-refractivity contribution in [2.45, 2.75) is 75.5 Å². The van der Waals surface area contributed by atoms with Gasteiger partial charge in [-0.1, -0.05) is 25.6 Å². The van der Waals surface area contributed by atoms with Crippen molar-refractivity contribution in [3.8, 4) is 11.5 Å². The highest BCUT2D eigenvalue weighted by Crippen LogP contribution is 2.40. The smallest absolute Gasteiger partial charge is 0.272 e. The fraction of sp³-hybridized carbons (Fsp3) is 0.474. The molecule has 432 valence electrons. The number of amides is 5. The van der Waals surface area contributed by atoms with Gasteiger partial charge in [-0.15, -0.1) is 0 Å². The molecule has 3 atom stereocenters. The fourth-order valence-corrected chi connectivity index (χ4v) is 10.2. The number of hydrogen-bond acceptors (Lipinski definition) is 17. The zero-order valence-corrected chi connectivity index (χ0v) is 46.4. The Balaban J connectivity index is 0.704. The number of aromatic nitrogens is 3. The summed E-state index contributed by atoms with van der Waals surface area (Å²) in [5, 5.41) is 21.3. The third kappa shape index (κ3) is 22.9. The van der Waals surface area contributed by atoms with Gasteiger partial charge in [-0.25, -0.2) is 9.37 Å². The molecule has 23 heteroatoms. The van der Waals surface area contributed by atoms with Gasteiger partial charge in [0.1, 0.15) is 17.2 Å². The number of hydrogen-bond donors (Lipinski definition) is 7. The van der Waals surface area contributed by atoms with Gasteiger partial charge in [-0.05, 0) is 93.1 Å². The number of halogens is 1. The monoisotopic (exact) mass is 1130 g/mol. The van der Waals surface area contributed by atoms with Crippen LogP contribution in [0.25, 0.3) is 0 Å². The number of rotatable bonds is 39. The minimum absolute atomic E-state index is 0.0724. The molecule has 2 aliphatic heterocycles. The Labute approximate surface area is 471 Å². The van der Waals surface area contributed by atoms with Crippen LogP contribution in [0.4, 0.5) is 33.2 Å². The van der Waals surface area contributed by atoms with E-state index in [0.717, 1.165) is 55.8 Å². The van der Waals surface area contributed by atoms with Crippen molar-refractivity contribution >= 4 is 70.1 Å². The number of nitrogens with zero attached hydrogens (tertiary/aromatic N) is 4. The molecule has 6 rings (SSSR count). The summed E-state index contributed by atoms with van der Waals surface area (Å²) in [6.45, 7) is 13.1. The van der Waals surface area contributed by atoms with Crippen LogP contribution in [-0.2, 0) is 38.1 Å². The lowest BCUT2D eigenvalue weighted by Gasteiger charge is -2.17. The van der Waals surface area contributed by atoms with Crippen molar-refractivity contribution in [1.29, 1.82) is 0 Å². The summed E-state index contributed by atoms with van der Waals surface area (Å²) >= 11 is 1.96. The van der Waals surface area contributed by atoms with Crippen molar-refractivity contribution in [3.05, 3.63) is 109 Å². The summed E-state index contributed by atoms with van der Waals surface area (Å²) < 4.78 is 43.2. The predicted octanol–water partition coefficient (Wildman–Crippen LogP) is 7.02. The van der Waals surface area contributed by atoms with Gasteiger partial charge in [-0.3, -0.25) is 29.0 Å². The maximum Gasteiger partial charge on any atom is 0.272 e. The normalized spacial score (nSPS) is 15.3. The first-order valence-corrected chi connectivity index (χ1v) is 28.2. The standard InChI is InChI=1S/C57H76FN11O10S/c1-4-51(70)64-42-12-8-13-43(35-42)65-55-47(58)38-63-57(68-55)66-41-17-19-44(20-18-41)79-45-21-24-60-48(36-45)56(74)69(3)26-30-77-29-25-62-53(72)16-7-11-40(2)59-22-9-27-75-31-33-78-34-32-76-28-10-23-61-52(71)15-6-5-14-50-46-37-54(73)67-49(46)39-80-50/h4,8,12-13,17-21,24,35-36,38,46,49-50,59H,1-2,5-7,9-11,14-16,22-23,25-34,37,39H2,3H3,(H,61,71)(H,62,72)(H,64,70)(H,67,73)(H2,63,65,66,68)/t46-,49-,50-/m0/s1. The molecule has 7 N–H and O–H groups in total. The third-order valence-electron chi connectivity index (χ3n) is 12.8. The Morgan fingerprint density at radius 3 is 2.23 bits per heavy atom. The molecule has 0 aliphatic carbocycles. The highest BCUT2D eigenvalue weighted by atomic mass is 32.2. The summed E-state index contributed by atoms with van der Waals surface area (Å²) in [4.78, 5) is 75.1. The van der Waals surface area contributed by atoms with Crippen molar-refractivity contribution < 1.29 is 52.0 Å². The molecular formula is C57H76FN11O10S. The minimum atomic E-state index is -0.673. The second kappa shape index (κ2) is 34.7. The van der Waals surface area contributed by atoms with Crippen LogP contribution in [0.5, 0.6) is 11.5 Å². The average molecular weight is 1130 g/mol. The van der Waals surface area contributed by atoms with Crippen LogP contribution < -0.4 is 42.0 Å². The number of unbranched alkanes of at least 4 members (excludes halogenated alkanes) is 1. The van der Waals surface area contributed by atoms with Crippen molar-refractivity contribution in [1.82, 2.24) is 41.1 Å². The zero-order valence-electron chi connectivity index (χ0n) is 45.6. The number of carbonyl (C=O) groups is 5. The molecule has 0 radical (unpaired) electrons. The molecule has 2 aromatic heterocycles. The molecule has 80 heavy (non-hydrogen) atoms. The second-order valence-electron chi connectivity index (χ2n) is 19.0. The molecule has 2 aromatic carbocycles. The number of nitrogens with one attached hydrogen (secondary N) is 7. The van der Waals surface area contributed by atoms with Gasteiger partial charge < -0.3 is 65.8 Å². The Hall–Kier alpha value is -7.18. The van der Waals surface area contributed by atoms with Gasteiger partial charge in [-0.2, -0.15) is 16.7 Å². The van der Waals surface area contributed by atoms with E-state index in [9.17, 15) is 28.4 Å². The van der Waals surface area contributed by atoms with E-state index in [0.29, 0.717) is 150 Å². The van der Waals surface area contributed by atoms with Gasteiger partial charge in [0, 0.05) is 124 Å². The number of anilines is 5. The van der Waals surface area contributed by atoms with Crippen LogP contribution in [0.2, 0.25) is 0 Å². The maximum atomic E-state index is 14.6. The number of pyridine rings is 1. The zero-order chi connectivity index (χ0) is 56.7. The first kappa shape index (κ1) is 62.0. The molecule has 2 saturated heterocycles. The van der Waals surface area contributed by atoms with E-state index in [1.807, 2.05) is 11.8 Å². The topological polar surface area (TPSA) is 258 Å². The molecule has 2 fully saturated rings. The fourth-order valence-electron chi connectivity index (χ4n) is 8.52. The predicted molar refractivity (Wildman–Crippen MR) is 306 cm³/mol. The third-order valence-corrected chi connectivity index (χ3v) is 14.3. The summed E-state index contributed by atoms with van der Waals surface area (Å²) in [7, 11) is 1.65. The van der Waals surface area contributed by atoms with E-state index in [4.69, 9.17) is 23.7 Å². The van der Waals surface area contributed by atoms with Gasteiger partial charge in [0.25, 0.3) is 5.91 Å². The van der Waals surface area contributed by atoms with Gasteiger partial charge >= 0.3 is 0 Å². The van der Waals surface area contributed by atoms with Crippen LogP contribution in [0.3, 0.4) is 0 Å². The van der Waals surface area contributed by atoms with E-state index in [2.05, 4.69) is 65.3 Å². The molecule has 0 spiro atoms. The van der Waals surface area contributed by atoms with Crippen LogP contribution in [0.1, 0.15) is 74.7 Å². The molecular weight excluding hydrogens is 1050 g/mol. The lowest BCUT2D eigenvalue weighted by Crippen LogP contribution is -2.32. The lowest BCUT2D eigenvalue weighted by molar-refractivity contribution is -0.122. The molecule has 2 aliphatic rings. The molecule has 5 amide bonds. The molecule has 0 saturated carbocycles. The summed E-state index contributed by atoms with van der Waals surface area (Å²) in [6.07, 6.45) is 11.1. The number of ether oxygens (including phenoxy) is 5. The van der Waals surface area contributed by atoms with Gasteiger partial charge in [0.15, 0.2) is 11.6 Å². The first-order chi connectivity index (χ1) is 38.9. The Kier molecular flexibility index (Phi) is 26.9. The number of allylic oxidation sites excluding steroid dienone is 1. The number of benzene rings is 2. The SMILES string of the molecule is C=CC(=O)Nc1cccc(Nc2nc(Nc3ccc(Oc4ccnc(C(=O)N(C)CCOCCNC(=O)CCCC(=C)NCCCOCCOCCOCCCNC(=O)CCCC[C@@H]5SC[C@@H]6NC(=O)C[C@@H]65)c4)cc3)ncc2F)c1. The van der Waals surface area contributed by atoms with Crippen LogP contribution in [0.15, 0.2) is 98.0 Å². The molecule has 4 aromatic rings. The molecule has 21 nitrogen and oxygen atoms in total. The van der Waals surface area contributed by atoms with Gasteiger partial charge in [0.2, 0.25) is 29.6 Å². The van der Waals surface area contributed by atoms with Crippen molar-refractivity contribution in [2.24, 2.45) is 5.92 Å². The van der Waals surface area contributed by atoms with E-state index < -0.39 is 5.82 Å². The Morgan fingerprint density at radius 2 is 1.46 bits per heavy atom. The highest BCUT2D eigenvalue weighted by Gasteiger charge is 2.42. The van der Waals surface area contributed by atoms with E-state index in [-0.39, 0.29) is 53.6 Å². The number of thioether (sulfide) groups is 1. The largest absolute Gasteiger partial charge is 0.457 e. The van der Waals surface area contributed by atoms with Crippen molar-refractivity contribution in [3.63, 3.8) is 0 Å². The summed E-state index contributed by atoms with van der Waals surface area (Å²) in [5.74, 6) is 1.25. The first-order valence-electron chi connectivity index (χ1n) is 27.2. The average Bonchev–Trinajstić information content (AvgIpc) is 4.04. The van der Waals surface area contributed by atoms with Crippen molar-refractivity contribution in [2.75, 3.05) is 108 Å². The summed E-state index contributed by atoms with van der Waals surface area (Å²) in [5.41, 5.74) is 2.65. The van der Waals surface area contributed by atoms with Crippen LogP contribution in [0, 0.1) is 11.7 Å². The maximum absolute atomic E-state index is 14.6. The highest BCUT2D eigenvalue weighted by molar-refractivity contribution is 8.00. The summed E-state index contributed by atoms with van der Waals surface area (Å²) in [6, 6.07) is 17.1. The number of fused-ring (bicyclic) bond motifs is 1. The number of likely N-dealkylation sites (N-methyl/N-ethyl adjacent to an activating group) is 1. The lowest BCUT2D eigenvalue weighted by atomic mass is 9.94. The van der Waals surface area contributed by atoms with E-state index >= 15 is 0 Å². The van der Waals surface area contributed by atoms with Crippen LogP contribution in [-0.4, -0.2) is 153 Å².